The van der Waals surface area contributed by atoms with E-state index in [1.54, 1.807) is 13.8 Å². The number of aromatic nitrogens is 2. The number of aromatic amines is 1. The molecule has 2 aromatic heterocycles. The van der Waals surface area contributed by atoms with Crippen molar-refractivity contribution in [1.29, 1.82) is 0 Å². The van der Waals surface area contributed by atoms with Crippen molar-refractivity contribution in [3.8, 4) is 11.6 Å². The Bertz CT molecular complexity index is 1970. The van der Waals surface area contributed by atoms with Gasteiger partial charge in [0, 0.05) is 30.0 Å². The molecular weight excluding hydrogens is 685 g/mol. The standard InChI is InChI=1S/C16H16FN3O5.C8H7F2NO2.C8H10N2O3/c1-3-24-16(22)14-10(18)4-5-13(20-14)25-12-7-11(19)8(6-9(12)17)15(21)23-2;1-13-8(12)4-2-5(9)6(10)3-7(4)11;1-2-13-8(12)7-5(9)3-4-6(11)10-7/h4-7H,3,18-19H2,1-2H3;2-3H,11H2,1H3;3-4H,2,9H2,1H3,(H,10,11). The zero-order valence-corrected chi connectivity index (χ0v) is 27.5. The topological polar surface area (TPSA) is 264 Å². The van der Waals surface area contributed by atoms with E-state index in [0.717, 1.165) is 32.4 Å². The first kappa shape index (κ1) is 40.4. The maximum Gasteiger partial charge on any atom is 0.359 e. The number of nitrogen functional groups attached to an aromatic ring is 4. The van der Waals surface area contributed by atoms with Crippen molar-refractivity contribution in [1.82, 2.24) is 9.97 Å². The molecule has 0 aliphatic carbocycles. The number of anilines is 4. The summed E-state index contributed by atoms with van der Waals surface area (Å²) in [6, 6.07) is 8.78. The van der Waals surface area contributed by atoms with Gasteiger partial charge in [-0.05, 0) is 38.1 Å². The Morgan fingerprint density at radius 2 is 1.18 bits per heavy atom. The van der Waals surface area contributed by atoms with Gasteiger partial charge in [-0.3, -0.25) is 4.79 Å². The van der Waals surface area contributed by atoms with E-state index in [0.29, 0.717) is 6.07 Å². The van der Waals surface area contributed by atoms with E-state index in [1.807, 2.05) is 0 Å². The molecule has 16 nitrogen and oxygen atoms in total. The van der Waals surface area contributed by atoms with Gasteiger partial charge in [-0.15, -0.1) is 0 Å². The van der Waals surface area contributed by atoms with Crippen LogP contribution in [0.2, 0.25) is 0 Å². The summed E-state index contributed by atoms with van der Waals surface area (Å²) >= 11 is 0. The highest BCUT2D eigenvalue weighted by Crippen LogP contribution is 2.29. The van der Waals surface area contributed by atoms with Gasteiger partial charge in [0.2, 0.25) is 11.4 Å². The number of methoxy groups -OCH3 is 2. The van der Waals surface area contributed by atoms with E-state index in [2.05, 4.69) is 24.2 Å². The number of carbonyl (C=O) groups is 4. The molecular formula is C32H33F3N6O10. The highest BCUT2D eigenvalue weighted by molar-refractivity contribution is 5.96. The molecule has 0 amide bonds. The smallest absolute Gasteiger partial charge is 0.359 e. The number of nitrogens with one attached hydrogen (secondary N) is 1. The third kappa shape index (κ3) is 11.1. The van der Waals surface area contributed by atoms with Crippen molar-refractivity contribution in [3.63, 3.8) is 0 Å². The SMILES string of the molecule is CCOC(=O)c1[nH]c(=O)ccc1N.CCOC(=O)c1nc(Oc2cc(N)c(C(=O)OC)cc2F)ccc1N.COC(=O)c1cc(F)c(F)cc1N. The summed E-state index contributed by atoms with van der Waals surface area (Å²) in [4.78, 5) is 62.4. The van der Waals surface area contributed by atoms with E-state index in [4.69, 9.17) is 32.4 Å². The van der Waals surface area contributed by atoms with Crippen LogP contribution in [0.15, 0.2) is 53.3 Å². The zero-order valence-electron chi connectivity index (χ0n) is 27.5. The Hall–Kier alpha value is -6.79. The average Bonchev–Trinajstić information content (AvgIpc) is 3.09. The predicted molar refractivity (Wildman–Crippen MR) is 176 cm³/mol. The fraction of sp³-hybridized carbons (Fsp3) is 0.188. The Labute approximate surface area is 287 Å². The Morgan fingerprint density at radius 3 is 1.75 bits per heavy atom. The molecule has 0 saturated carbocycles. The number of nitrogens with two attached hydrogens (primary N) is 4. The number of esters is 4. The van der Waals surface area contributed by atoms with Crippen LogP contribution in [0, 0.1) is 17.5 Å². The molecule has 9 N–H and O–H groups in total. The zero-order chi connectivity index (χ0) is 38.4. The van der Waals surface area contributed by atoms with Crippen LogP contribution in [0.3, 0.4) is 0 Å². The van der Waals surface area contributed by atoms with Gasteiger partial charge in [-0.2, -0.15) is 0 Å². The lowest BCUT2D eigenvalue weighted by atomic mass is 10.1. The third-order valence-corrected chi connectivity index (χ3v) is 6.02. The lowest BCUT2D eigenvalue weighted by Gasteiger charge is -2.11. The molecule has 0 bridgehead atoms. The lowest BCUT2D eigenvalue weighted by molar-refractivity contribution is 0.0511. The maximum atomic E-state index is 14.1. The Kier molecular flexibility index (Phi) is 14.8. The number of hydrogen-bond acceptors (Lipinski definition) is 15. The Balaban J connectivity index is 0.000000292. The van der Waals surface area contributed by atoms with Crippen LogP contribution in [0.25, 0.3) is 0 Å². The number of H-pyrrole nitrogens is 1. The highest BCUT2D eigenvalue weighted by Gasteiger charge is 2.19. The average molecular weight is 719 g/mol. The van der Waals surface area contributed by atoms with Gasteiger partial charge >= 0.3 is 23.9 Å². The molecule has 0 spiro atoms. The normalized spacial score (nSPS) is 9.94. The van der Waals surface area contributed by atoms with Crippen LogP contribution < -0.4 is 33.2 Å². The van der Waals surface area contributed by atoms with Crippen LogP contribution >= 0.6 is 0 Å². The largest absolute Gasteiger partial charge is 0.465 e. The van der Waals surface area contributed by atoms with Crippen LogP contribution in [-0.2, 0) is 18.9 Å². The van der Waals surface area contributed by atoms with Crippen molar-refractivity contribution in [3.05, 3.63) is 98.9 Å². The molecule has 51 heavy (non-hydrogen) atoms. The summed E-state index contributed by atoms with van der Waals surface area (Å²) in [5.41, 5.74) is 21.4. The summed E-state index contributed by atoms with van der Waals surface area (Å²) in [5.74, 6) is -6.37. The van der Waals surface area contributed by atoms with Gasteiger partial charge in [0.05, 0.1) is 55.6 Å². The van der Waals surface area contributed by atoms with Gasteiger partial charge in [0.15, 0.2) is 34.6 Å². The van der Waals surface area contributed by atoms with Gasteiger partial charge in [-0.25, -0.2) is 37.3 Å². The van der Waals surface area contributed by atoms with E-state index < -0.39 is 41.3 Å². The second kappa shape index (κ2) is 18.7. The first-order chi connectivity index (χ1) is 24.1. The van der Waals surface area contributed by atoms with Crippen LogP contribution in [0.5, 0.6) is 11.6 Å². The minimum atomic E-state index is -1.13. The molecule has 0 aliphatic heterocycles. The monoisotopic (exact) mass is 718 g/mol. The second-order valence-corrected chi connectivity index (χ2v) is 9.49. The number of ether oxygens (including phenoxy) is 5. The molecule has 272 valence electrons. The third-order valence-electron chi connectivity index (χ3n) is 6.02. The molecule has 0 fully saturated rings. The molecule has 2 aromatic carbocycles. The van der Waals surface area contributed by atoms with Gasteiger partial charge in [0.1, 0.15) is 0 Å². The number of benzene rings is 2. The van der Waals surface area contributed by atoms with Crippen molar-refractivity contribution in [2.45, 2.75) is 13.8 Å². The van der Waals surface area contributed by atoms with Crippen LogP contribution in [0.4, 0.5) is 35.9 Å². The minimum absolute atomic E-state index is 0.00866. The molecule has 0 saturated heterocycles. The highest BCUT2D eigenvalue weighted by atomic mass is 19.2. The van der Waals surface area contributed by atoms with E-state index >= 15 is 0 Å². The van der Waals surface area contributed by atoms with Gasteiger partial charge in [-0.1, -0.05) is 0 Å². The second-order valence-electron chi connectivity index (χ2n) is 9.49. The molecule has 19 heteroatoms. The number of pyridine rings is 2. The fourth-order valence-electron chi connectivity index (χ4n) is 3.63. The summed E-state index contributed by atoms with van der Waals surface area (Å²) in [6.45, 7) is 3.70. The summed E-state index contributed by atoms with van der Waals surface area (Å²) in [7, 11) is 2.28. The first-order valence-electron chi connectivity index (χ1n) is 14.4. The van der Waals surface area contributed by atoms with Crippen molar-refractivity contribution in [2.75, 3.05) is 50.4 Å². The number of nitrogens with zero attached hydrogens (tertiary/aromatic N) is 1. The Morgan fingerprint density at radius 1 is 0.667 bits per heavy atom. The first-order valence-corrected chi connectivity index (χ1v) is 14.4. The fourth-order valence-corrected chi connectivity index (χ4v) is 3.63. The molecule has 0 radical (unpaired) electrons. The maximum absolute atomic E-state index is 14.1. The molecule has 2 heterocycles. The quantitative estimate of drug-likeness (QED) is 0.0990. The van der Waals surface area contributed by atoms with E-state index in [-0.39, 0.29) is 75.7 Å². The summed E-state index contributed by atoms with van der Waals surface area (Å²) < 4.78 is 62.9. The minimum Gasteiger partial charge on any atom is -0.465 e. The van der Waals surface area contributed by atoms with Crippen molar-refractivity contribution in [2.24, 2.45) is 0 Å². The van der Waals surface area contributed by atoms with Crippen LogP contribution in [0.1, 0.15) is 55.5 Å². The molecule has 0 aliphatic rings. The van der Waals surface area contributed by atoms with Crippen molar-refractivity contribution >= 4 is 46.6 Å². The lowest BCUT2D eigenvalue weighted by Crippen LogP contribution is -2.16. The molecule has 4 aromatic rings. The number of hydrogen-bond donors (Lipinski definition) is 5. The van der Waals surface area contributed by atoms with Crippen molar-refractivity contribution < 1.29 is 56.0 Å². The van der Waals surface area contributed by atoms with E-state index in [1.165, 1.54) is 24.3 Å². The number of carbonyl (C=O) groups excluding carboxylic acids is 4. The number of halogens is 3. The number of rotatable bonds is 8. The van der Waals surface area contributed by atoms with Gasteiger partial charge in [0.25, 0.3) is 0 Å². The summed E-state index contributed by atoms with van der Waals surface area (Å²) in [6.07, 6.45) is 0. The molecule has 4 rings (SSSR count). The summed E-state index contributed by atoms with van der Waals surface area (Å²) in [5, 5.41) is 0. The molecule has 0 unspecified atom stereocenters. The van der Waals surface area contributed by atoms with E-state index in [9.17, 15) is 37.1 Å². The predicted octanol–water partition coefficient (Wildman–Crippen LogP) is 3.61. The van der Waals surface area contributed by atoms with Crippen LogP contribution in [-0.4, -0.2) is 61.3 Å². The molecule has 0 atom stereocenters. The van der Waals surface area contributed by atoms with Gasteiger partial charge < -0.3 is 51.6 Å².